The van der Waals surface area contributed by atoms with Gasteiger partial charge in [0.2, 0.25) is 10.0 Å². The van der Waals surface area contributed by atoms with Crippen molar-refractivity contribution in [3.63, 3.8) is 0 Å². The van der Waals surface area contributed by atoms with E-state index in [1.165, 1.54) is 18.4 Å². The van der Waals surface area contributed by atoms with Crippen molar-refractivity contribution in [2.24, 2.45) is 0 Å². The van der Waals surface area contributed by atoms with Crippen LogP contribution in [0.5, 0.6) is 5.75 Å². The van der Waals surface area contributed by atoms with Gasteiger partial charge in [-0.15, -0.1) is 0 Å². The van der Waals surface area contributed by atoms with Gasteiger partial charge in [-0.3, -0.25) is 0 Å². The van der Waals surface area contributed by atoms with E-state index in [1.807, 2.05) is 37.3 Å². The van der Waals surface area contributed by atoms with E-state index in [0.717, 1.165) is 29.2 Å². The molecule has 132 valence electrons. The Morgan fingerprint density at radius 2 is 1.80 bits per heavy atom. The van der Waals surface area contributed by atoms with Crippen LogP contribution in [0.25, 0.3) is 22.4 Å². The third-order valence-corrected chi connectivity index (χ3v) is 5.97. The fourth-order valence-electron chi connectivity index (χ4n) is 2.76. The summed E-state index contributed by atoms with van der Waals surface area (Å²) < 4.78 is 33.2. The maximum absolute atomic E-state index is 12.4. The monoisotopic (exact) mass is 359 g/mol. The molecule has 0 unspecified atom stereocenters. The molecule has 0 atom stereocenters. The first-order valence-corrected chi connectivity index (χ1v) is 9.39. The maximum Gasteiger partial charge on any atom is 0.242 e. The second-order valence-electron chi connectivity index (χ2n) is 5.85. The van der Waals surface area contributed by atoms with Crippen LogP contribution < -0.4 is 4.74 Å². The Bertz CT molecular complexity index is 1010. The second-order valence-corrected chi connectivity index (χ2v) is 8.00. The highest BCUT2D eigenvalue weighted by atomic mass is 32.2. The smallest absolute Gasteiger partial charge is 0.242 e. The third-order valence-electron chi connectivity index (χ3n) is 4.16. The SMILES string of the molecule is CCn1c(-c2ccc(OC)cc2)nc2cc(S(=O)(=O)N(C)C)ccc21. The van der Waals surface area contributed by atoms with Gasteiger partial charge in [0.25, 0.3) is 0 Å². The lowest BCUT2D eigenvalue weighted by Gasteiger charge is -2.11. The van der Waals surface area contributed by atoms with Gasteiger partial charge in [-0.25, -0.2) is 17.7 Å². The Hall–Kier alpha value is -2.38. The van der Waals surface area contributed by atoms with E-state index >= 15 is 0 Å². The molecule has 1 aromatic heterocycles. The first kappa shape index (κ1) is 17.4. The number of ether oxygens (including phenoxy) is 1. The highest BCUT2D eigenvalue weighted by Crippen LogP contribution is 2.28. The summed E-state index contributed by atoms with van der Waals surface area (Å²) in [5.74, 6) is 1.59. The van der Waals surface area contributed by atoms with Crippen molar-refractivity contribution in [2.75, 3.05) is 21.2 Å². The van der Waals surface area contributed by atoms with Gasteiger partial charge in [0.1, 0.15) is 11.6 Å². The first-order valence-electron chi connectivity index (χ1n) is 7.95. The van der Waals surface area contributed by atoms with E-state index in [1.54, 1.807) is 19.2 Å². The summed E-state index contributed by atoms with van der Waals surface area (Å²) in [6.45, 7) is 2.77. The average Bonchev–Trinajstić information content (AvgIpc) is 2.99. The second kappa shape index (κ2) is 6.50. The van der Waals surface area contributed by atoms with Gasteiger partial charge in [0.15, 0.2) is 0 Å². The van der Waals surface area contributed by atoms with Gasteiger partial charge in [0, 0.05) is 26.2 Å². The van der Waals surface area contributed by atoms with E-state index in [0.29, 0.717) is 5.52 Å². The van der Waals surface area contributed by atoms with Crippen molar-refractivity contribution in [3.8, 4) is 17.1 Å². The minimum atomic E-state index is -3.48. The molecule has 0 aliphatic rings. The number of fused-ring (bicyclic) bond motifs is 1. The van der Waals surface area contributed by atoms with E-state index in [9.17, 15) is 8.42 Å². The summed E-state index contributed by atoms with van der Waals surface area (Å²) in [4.78, 5) is 4.92. The molecule has 0 spiro atoms. The molecule has 7 heteroatoms. The molecule has 0 amide bonds. The molecule has 0 aliphatic carbocycles. The Morgan fingerprint density at radius 1 is 1.12 bits per heavy atom. The van der Waals surface area contributed by atoms with Gasteiger partial charge in [-0.2, -0.15) is 0 Å². The molecule has 6 nitrogen and oxygen atoms in total. The molecule has 25 heavy (non-hydrogen) atoms. The van der Waals surface area contributed by atoms with Crippen molar-refractivity contribution in [1.29, 1.82) is 0 Å². The zero-order valence-electron chi connectivity index (χ0n) is 14.7. The molecule has 0 aliphatic heterocycles. The van der Waals surface area contributed by atoms with Crippen molar-refractivity contribution in [1.82, 2.24) is 13.9 Å². The Labute approximate surface area is 147 Å². The number of imidazole rings is 1. The molecule has 0 radical (unpaired) electrons. The Kier molecular flexibility index (Phi) is 4.53. The number of hydrogen-bond acceptors (Lipinski definition) is 4. The van der Waals surface area contributed by atoms with Crippen LogP contribution in [-0.4, -0.2) is 43.5 Å². The minimum absolute atomic E-state index is 0.243. The van der Waals surface area contributed by atoms with Gasteiger partial charge in [-0.1, -0.05) is 0 Å². The lowest BCUT2D eigenvalue weighted by atomic mass is 10.2. The summed E-state index contributed by atoms with van der Waals surface area (Å²) in [5.41, 5.74) is 2.53. The highest BCUT2D eigenvalue weighted by Gasteiger charge is 2.19. The van der Waals surface area contributed by atoms with Crippen LogP contribution >= 0.6 is 0 Å². The van der Waals surface area contributed by atoms with E-state index < -0.39 is 10.0 Å². The summed E-state index contributed by atoms with van der Waals surface area (Å²) in [7, 11) is 1.18. The largest absolute Gasteiger partial charge is 0.497 e. The summed E-state index contributed by atoms with van der Waals surface area (Å²) >= 11 is 0. The molecular formula is C18H21N3O3S. The molecule has 2 aromatic carbocycles. The Morgan fingerprint density at radius 3 is 2.36 bits per heavy atom. The van der Waals surface area contributed by atoms with Crippen LogP contribution in [0.1, 0.15) is 6.92 Å². The average molecular weight is 359 g/mol. The molecule has 0 bridgehead atoms. The molecular weight excluding hydrogens is 338 g/mol. The quantitative estimate of drug-likeness (QED) is 0.702. The molecule has 3 aromatic rings. The fourth-order valence-corrected chi connectivity index (χ4v) is 3.68. The lowest BCUT2D eigenvalue weighted by Crippen LogP contribution is -2.22. The van der Waals surface area contributed by atoms with E-state index in [-0.39, 0.29) is 4.90 Å². The highest BCUT2D eigenvalue weighted by molar-refractivity contribution is 7.89. The van der Waals surface area contributed by atoms with Crippen LogP contribution in [0.2, 0.25) is 0 Å². The molecule has 0 fully saturated rings. The van der Waals surface area contributed by atoms with Crippen LogP contribution in [0.3, 0.4) is 0 Å². The van der Waals surface area contributed by atoms with Crippen LogP contribution in [0.4, 0.5) is 0 Å². The van der Waals surface area contributed by atoms with Gasteiger partial charge < -0.3 is 9.30 Å². The minimum Gasteiger partial charge on any atom is -0.497 e. The zero-order chi connectivity index (χ0) is 18.2. The zero-order valence-corrected chi connectivity index (χ0v) is 15.5. The molecule has 3 rings (SSSR count). The number of benzene rings is 2. The maximum atomic E-state index is 12.4. The number of hydrogen-bond donors (Lipinski definition) is 0. The van der Waals surface area contributed by atoms with E-state index in [2.05, 4.69) is 9.55 Å². The van der Waals surface area contributed by atoms with Crippen LogP contribution in [0.15, 0.2) is 47.4 Å². The number of aryl methyl sites for hydroxylation is 1. The molecule has 0 saturated carbocycles. The normalized spacial score (nSPS) is 12.0. The summed E-state index contributed by atoms with van der Waals surface area (Å²) in [6.07, 6.45) is 0. The number of sulfonamides is 1. The topological polar surface area (TPSA) is 64.4 Å². The third kappa shape index (κ3) is 3.01. The molecule has 1 heterocycles. The predicted octanol–water partition coefficient (Wildman–Crippen LogP) is 2.98. The predicted molar refractivity (Wildman–Crippen MR) is 98.3 cm³/mol. The number of methoxy groups -OCH3 is 1. The van der Waals surface area contributed by atoms with Crippen molar-refractivity contribution in [3.05, 3.63) is 42.5 Å². The number of aromatic nitrogens is 2. The Balaban J connectivity index is 2.17. The fraction of sp³-hybridized carbons (Fsp3) is 0.278. The number of nitrogens with zero attached hydrogens (tertiary/aromatic N) is 3. The van der Waals surface area contributed by atoms with Crippen molar-refractivity contribution < 1.29 is 13.2 Å². The first-order chi connectivity index (χ1) is 11.9. The summed E-state index contributed by atoms with van der Waals surface area (Å²) in [6, 6.07) is 12.7. The van der Waals surface area contributed by atoms with E-state index in [4.69, 9.17) is 4.74 Å². The molecule has 0 N–H and O–H groups in total. The summed E-state index contributed by atoms with van der Waals surface area (Å²) in [5, 5.41) is 0. The van der Waals surface area contributed by atoms with Crippen LogP contribution in [0, 0.1) is 0 Å². The van der Waals surface area contributed by atoms with Crippen molar-refractivity contribution in [2.45, 2.75) is 18.4 Å². The van der Waals surface area contributed by atoms with Gasteiger partial charge in [-0.05, 0) is 49.4 Å². The van der Waals surface area contributed by atoms with Gasteiger partial charge >= 0.3 is 0 Å². The van der Waals surface area contributed by atoms with Crippen molar-refractivity contribution >= 4 is 21.1 Å². The number of rotatable bonds is 5. The standard InChI is InChI=1S/C18H21N3O3S/c1-5-21-17-11-10-15(25(22,23)20(2)3)12-16(17)19-18(21)13-6-8-14(24-4)9-7-13/h6-12H,5H2,1-4H3. The van der Waals surface area contributed by atoms with Crippen LogP contribution in [-0.2, 0) is 16.6 Å². The lowest BCUT2D eigenvalue weighted by molar-refractivity contribution is 0.415. The molecule has 0 saturated heterocycles. The van der Waals surface area contributed by atoms with Gasteiger partial charge in [0.05, 0.1) is 23.0 Å².